The van der Waals surface area contributed by atoms with E-state index in [0.29, 0.717) is 19.6 Å². The molecule has 0 spiro atoms. The molecule has 0 unspecified atom stereocenters. The summed E-state index contributed by atoms with van der Waals surface area (Å²) in [6, 6.07) is 7.48. The molecule has 8 heteroatoms. The van der Waals surface area contributed by atoms with Crippen molar-refractivity contribution in [2.45, 2.75) is 13.0 Å². The smallest absolute Gasteiger partial charge is 0.234 e. The average molecular weight is 320 g/mol. The van der Waals surface area contributed by atoms with E-state index in [9.17, 15) is 0 Å². The van der Waals surface area contributed by atoms with Crippen LogP contribution in [0, 0.1) is 0 Å². The van der Waals surface area contributed by atoms with Crippen LogP contribution in [0.25, 0.3) is 4.96 Å². The number of hydrogen-bond donors (Lipinski definition) is 0. The third kappa shape index (κ3) is 3.18. The van der Waals surface area contributed by atoms with Gasteiger partial charge in [-0.15, -0.1) is 10.2 Å². The SMILES string of the molecule is COCCc1nnc2sc(COc3cccc(OC)c3)nn12. The van der Waals surface area contributed by atoms with Crippen molar-refractivity contribution in [2.75, 3.05) is 20.8 Å². The van der Waals surface area contributed by atoms with Gasteiger partial charge in [-0.05, 0) is 12.1 Å². The number of aromatic nitrogens is 4. The standard InChI is InChI=1S/C14H16N4O3S/c1-19-7-6-12-15-16-14-18(12)17-13(22-14)9-21-11-5-3-4-10(8-11)20-2/h3-5,8H,6-7,9H2,1-2H3. The molecule has 3 rings (SSSR count). The molecule has 1 aromatic carbocycles. The second kappa shape index (κ2) is 6.71. The summed E-state index contributed by atoms with van der Waals surface area (Å²) in [5.74, 6) is 2.29. The van der Waals surface area contributed by atoms with Crippen LogP contribution < -0.4 is 9.47 Å². The molecular formula is C14H16N4O3S. The normalized spacial score (nSPS) is 11.0. The maximum absolute atomic E-state index is 5.74. The van der Waals surface area contributed by atoms with Crippen LogP contribution >= 0.6 is 11.3 Å². The van der Waals surface area contributed by atoms with Crippen LogP contribution in [0.15, 0.2) is 24.3 Å². The van der Waals surface area contributed by atoms with Gasteiger partial charge in [0.25, 0.3) is 0 Å². The van der Waals surface area contributed by atoms with Crippen molar-refractivity contribution in [3.63, 3.8) is 0 Å². The van der Waals surface area contributed by atoms with E-state index < -0.39 is 0 Å². The Hall–Kier alpha value is -2.19. The van der Waals surface area contributed by atoms with Crippen molar-refractivity contribution in [1.29, 1.82) is 0 Å². The minimum absolute atomic E-state index is 0.380. The van der Waals surface area contributed by atoms with Crippen molar-refractivity contribution in [3.8, 4) is 11.5 Å². The Balaban J connectivity index is 1.69. The number of nitrogens with zero attached hydrogens (tertiary/aromatic N) is 4. The minimum atomic E-state index is 0.380. The van der Waals surface area contributed by atoms with Crippen molar-refractivity contribution < 1.29 is 14.2 Å². The van der Waals surface area contributed by atoms with Crippen molar-refractivity contribution >= 4 is 16.3 Å². The number of hydrogen-bond acceptors (Lipinski definition) is 7. The fourth-order valence-corrected chi connectivity index (χ4v) is 2.71. The summed E-state index contributed by atoms with van der Waals surface area (Å²) < 4.78 is 17.7. The zero-order valence-corrected chi connectivity index (χ0v) is 13.2. The molecule has 22 heavy (non-hydrogen) atoms. The first-order valence-corrected chi connectivity index (χ1v) is 7.57. The van der Waals surface area contributed by atoms with Crippen molar-refractivity contribution in [3.05, 3.63) is 35.1 Å². The lowest BCUT2D eigenvalue weighted by Gasteiger charge is -2.05. The van der Waals surface area contributed by atoms with Crippen LogP contribution in [0.4, 0.5) is 0 Å². The summed E-state index contributed by atoms with van der Waals surface area (Å²) in [7, 11) is 3.29. The van der Waals surface area contributed by atoms with Gasteiger partial charge >= 0.3 is 0 Å². The minimum Gasteiger partial charge on any atom is -0.497 e. The van der Waals surface area contributed by atoms with Gasteiger partial charge in [0.05, 0.1) is 13.7 Å². The second-order valence-corrected chi connectivity index (χ2v) is 5.56. The molecule has 2 heterocycles. The van der Waals surface area contributed by atoms with Gasteiger partial charge in [-0.3, -0.25) is 0 Å². The van der Waals surface area contributed by atoms with E-state index in [1.165, 1.54) is 11.3 Å². The number of ether oxygens (including phenoxy) is 3. The third-order valence-electron chi connectivity index (χ3n) is 3.03. The van der Waals surface area contributed by atoms with Gasteiger partial charge in [0.1, 0.15) is 18.1 Å². The predicted octanol–water partition coefficient (Wildman–Crippen LogP) is 1.96. The fourth-order valence-electron chi connectivity index (χ4n) is 1.94. The first-order valence-electron chi connectivity index (χ1n) is 6.76. The summed E-state index contributed by atoms with van der Waals surface area (Å²) in [6.07, 6.45) is 0.678. The van der Waals surface area contributed by atoms with E-state index in [1.54, 1.807) is 18.7 Å². The first-order chi connectivity index (χ1) is 10.8. The van der Waals surface area contributed by atoms with Gasteiger partial charge in [-0.25, -0.2) is 0 Å². The van der Waals surface area contributed by atoms with Gasteiger partial charge in [0, 0.05) is 19.6 Å². The highest BCUT2D eigenvalue weighted by molar-refractivity contribution is 7.16. The van der Waals surface area contributed by atoms with Crippen LogP contribution in [-0.4, -0.2) is 40.6 Å². The quantitative estimate of drug-likeness (QED) is 0.663. The molecule has 7 nitrogen and oxygen atoms in total. The molecule has 0 aliphatic carbocycles. The van der Waals surface area contributed by atoms with Gasteiger partial charge in [0.15, 0.2) is 10.8 Å². The van der Waals surface area contributed by atoms with E-state index in [0.717, 1.165) is 27.3 Å². The molecule has 0 saturated carbocycles. The summed E-state index contributed by atoms with van der Waals surface area (Å²) in [4.78, 5) is 0.760. The summed E-state index contributed by atoms with van der Waals surface area (Å²) in [5.41, 5.74) is 0. The lowest BCUT2D eigenvalue weighted by atomic mass is 10.3. The van der Waals surface area contributed by atoms with E-state index in [4.69, 9.17) is 14.2 Å². The van der Waals surface area contributed by atoms with E-state index >= 15 is 0 Å². The van der Waals surface area contributed by atoms with Crippen molar-refractivity contribution in [1.82, 2.24) is 19.8 Å². The molecule has 116 valence electrons. The molecule has 2 aromatic heterocycles. The molecule has 0 fully saturated rings. The van der Waals surface area contributed by atoms with Gasteiger partial charge in [-0.1, -0.05) is 17.4 Å². The highest BCUT2D eigenvalue weighted by Crippen LogP contribution is 2.21. The van der Waals surface area contributed by atoms with Crippen molar-refractivity contribution in [2.24, 2.45) is 0 Å². The number of rotatable bonds is 7. The lowest BCUT2D eigenvalue weighted by molar-refractivity contribution is 0.200. The summed E-state index contributed by atoms with van der Waals surface area (Å²) >= 11 is 1.46. The van der Waals surface area contributed by atoms with Crippen LogP contribution in [0.2, 0.25) is 0 Å². The molecule has 0 saturated heterocycles. The number of fused-ring (bicyclic) bond motifs is 1. The molecule has 0 amide bonds. The highest BCUT2D eigenvalue weighted by Gasteiger charge is 2.12. The maximum Gasteiger partial charge on any atom is 0.234 e. The number of methoxy groups -OCH3 is 2. The molecular weight excluding hydrogens is 304 g/mol. The molecule has 0 atom stereocenters. The third-order valence-corrected chi connectivity index (χ3v) is 3.90. The lowest BCUT2D eigenvalue weighted by Crippen LogP contribution is -2.02. The Bertz CT molecular complexity index is 755. The largest absolute Gasteiger partial charge is 0.497 e. The molecule has 0 aliphatic rings. The van der Waals surface area contributed by atoms with E-state index in [2.05, 4.69) is 15.3 Å². The molecule has 0 aliphatic heterocycles. The average Bonchev–Trinajstić information content (AvgIpc) is 3.11. The highest BCUT2D eigenvalue weighted by atomic mass is 32.1. The fraction of sp³-hybridized carbons (Fsp3) is 0.357. The maximum atomic E-state index is 5.74. The van der Waals surface area contributed by atoms with E-state index in [-0.39, 0.29) is 0 Å². The molecule has 0 radical (unpaired) electrons. The Morgan fingerprint density at radius 1 is 1.18 bits per heavy atom. The Morgan fingerprint density at radius 3 is 2.86 bits per heavy atom. The molecule has 0 bridgehead atoms. The Kier molecular flexibility index (Phi) is 4.50. The van der Waals surface area contributed by atoms with E-state index in [1.807, 2.05) is 24.3 Å². The van der Waals surface area contributed by atoms with Crippen LogP contribution in [-0.2, 0) is 17.8 Å². The monoisotopic (exact) mass is 320 g/mol. The predicted molar refractivity (Wildman–Crippen MR) is 81.6 cm³/mol. The Labute approximate surface area is 131 Å². The van der Waals surface area contributed by atoms with Gasteiger partial charge in [0.2, 0.25) is 4.96 Å². The zero-order chi connectivity index (χ0) is 15.4. The summed E-state index contributed by atoms with van der Waals surface area (Å²) in [6.45, 7) is 0.971. The first kappa shape index (κ1) is 14.7. The molecule has 0 N–H and O–H groups in total. The topological polar surface area (TPSA) is 70.8 Å². The van der Waals surface area contributed by atoms with Crippen LogP contribution in [0.3, 0.4) is 0 Å². The van der Waals surface area contributed by atoms with Crippen LogP contribution in [0.1, 0.15) is 10.8 Å². The van der Waals surface area contributed by atoms with Crippen LogP contribution in [0.5, 0.6) is 11.5 Å². The number of benzene rings is 1. The van der Waals surface area contributed by atoms with Gasteiger partial charge in [-0.2, -0.15) is 9.61 Å². The second-order valence-electron chi connectivity index (χ2n) is 4.52. The van der Waals surface area contributed by atoms with Gasteiger partial charge < -0.3 is 14.2 Å². The summed E-state index contributed by atoms with van der Waals surface area (Å²) in [5, 5.41) is 13.5. The molecule has 3 aromatic rings. The zero-order valence-electron chi connectivity index (χ0n) is 12.4. The Morgan fingerprint density at radius 2 is 2.05 bits per heavy atom.